The van der Waals surface area contributed by atoms with Gasteiger partial charge in [-0.2, -0.15) is 0 Å². The quantitative estimate of drug-likeness (QED) is 0.757. The highest BCUT2D eigenvalue weighted by Crippen LogP contribution is 2.28. The topological polar surface area (TPSA) is 32.8 Å². The maximum absolute atomic E-state index is 12.6. The van der Waals surface area contributed by atoms with Gasteiger partial charge >= 0.3 is 6.36 Å². The molecule has 2 aliphatic heterocycles. The van der Waals surface area contributed by atoms with Crippen LogP contribution in [-0.4, -0.2) is 54.3 Å². The lowest BCUT2D eigenvalue weighted by Crippen LogP contribution is -2.49. The van der Waals surface area contributed by atoms with Crippen LogP contribution in [0.15, 0.2) is 24.0 Å². The summed E-state index contributed by atoms with van der Waals surface area (Å²) in [5.74, 6) is 0.196. The summed E-state index contributed by atoms with van der Waals surface area (Å²) in [5.41, 5.74) is 0. The summed E-state index contributed by atoms with van der Waals surface area (Å²) < 4.78 is 40.6. The molecular formula is C19H27F3N2O2. The van der Waals surface area contributed by atoms with E-state index in [2.05, 4.69) is 16.6 Å². The van der Waals surface area contributed by atoms with Gasteiger partial charge in [0.2, 0.25) is 5.91 Å². The Labute approximate surface area is 152 Å². The number of carbonyl (C=O) groups excluding carboxylic acids is 1. The second-order valence-corrected chi connectivity index (χ2v) is 7.63. The van der Waals surface area contributed by atoms with Crippen LogP contribution < -0.4 is 0 Å². The lowest BCUT2D eigenvalue weighted by atomic mass is 9.93. The number of carbonyl (C=O) groups is 1. The summed E-state index contributed by atoms with van der Waals surface area (Å²) in [7, 11) is 0. The molecule has 26 heavy (non-hydrogen) atoms. The first kappa shape index (κ1) is 19.3. The zero-order valence-corrected chi connectivity index (χ0v) is 15.2. The number of halogens is 3. The molecule has 0 spiro atoms. The van der Waals surface area contributed by atoms with E-state index in [0.717, 1.165) is 44.9 Å². The van der Waals surface area contributed by atoms with Crippen LogP contribution in [-0.2, 0) is 9.53 Å². The molecule has 0 N–H and O–H groups in total. The monoisotopic (exact) mass is 372 g/mol. The number of rotatable bonds is 3. The van der Waals surface area contributed by atoms with Gasteiger partial charge in [-0.3, -0.25) is 4.79 Å². The van der Waals surface area contributed by atoms with E-state index in [4.69, 9.17) is 0 Å². The van der Waals surface area contributed by atoms with Crippen LogP contribution in [0, 0.1) is 11.8 Å². The van der Waals surface area contributed by atoms with Gasteiger partial charge in [0.05, 0.1) is 5.92 Å². The molecule has 7 heteroatoms. The molecule has 3 rings (SSSR count). The van der Waals surface area contributed by atoms with Gasteiger partial charge in [0.1, 0.15) is 5.76 Å². The van der Waals surface area contributed by atoms with Crippen molar-refractivity contribution >= 4 is 5.91 Å². The van der Waals surface area contributed by atoms with Crippen LogP contribution >= 0.6 is 0 Å². The van der Waals surface area contributed by atoms with E-state index in [-0.39, 0.29) is 24.0 Å². The fraction of sp³-hybridized carbons (Fsp3) is 0.737. The molecule has 0 aromatic rings. The molecule has 0 aromatic carbocycles. The van der Waals surface area contributed by atoms with E-state index in [1.807, 2.05) is 4.90 Å². The van der Waals surface area contributed by atoms with Crippen LogP contribution in [0.1, 0.15) is 39.0 Å². The minimum absolute atomic E-state index is 0.00859. The Balaban J connectivity index is 1.45. The van der Waals surface area contributed by atoms with E-state index in [9.17, 15) is 18.0 Å². The Morgan fingerprint density at radius 2 is 1.77 bits per heavy atom. The van der Waals surface area contributed by atoms with Gasteiger partial charge in [-0.15, -0.1) is 13.2 Å². The second-order valence-electron chi connectivity index (χ2n) is 7.63. The van der Waals surface area contributed by atoms with Crippen molar-refractivity contribution in [3.05, 3.63) is 24.0 Å². The molecule has 1 unspecified atom stereocenters. The van der Waals surface area contributed by atoms with E-state index in [0.29, 0.717) is 6.04 Å². The molecular weight excluding hydrogens is 345 g/mol. The zero-order valence-electron chi connectivity index (χ0n) is 15.2. The van der Waals surface area contributed by atoms with Gasteiger partial charge in [-0.25, -0.2) is 0 Å². The summed E-state index contributed by atoms with van der Waals surface area (Å²) in [5, 5.41) is 0. The van der Waals surface area contributed by atoms with Gasteiger partial charge in [-0.1, -0.05) is 13.0 Å². The fourth-order valence-electron chi connectivity index (χ4n) is 4.07. The molecule has 3 aliphatic rings. The highest BCUT2D eigenvalue weighted by atomic mass is 19.4. The third kappa shape index (κ3) is 5.02. The number of ether oxygens (including phenoxy) is 1. The number of alkyl halides is 3. The molecule has 4 nitrogen and oxygen atoms in total. The first-order valence-corrected chi connectivity index (χ1v) is 9.49. The van der Waals surface area contributed by atoms with Crippen LogP contribution in [0.4, 0.5) is 13.2 Å². The predicted octanol–water partition coefficient (Wildman–Crippen LogP) is 3.71. The Morgan fingerprint density at radius 3 is 2.31 bits per heavy atom. The SMILES string of the molecule is CC1CCN(C2CCN(C(=O)C3C=CC(OC(F)(F)F)=CC3)CC2)CC1. The van der Waals surface area contributed by atoms with Crippen molar-refractivity contribution in [2.75, 3.05) is 26.2 Å². The van der Waals surface area contributed by atoms with E-state index in [1.165, 1.54) is 31.1 Å². The fourth-order valence-corrected chi connectivity index (χ4v) is 4.07. The maximum atomic E-state index is 12.6. The van der Waals surface area contributed by atoms with E-state index in [1.54, 1.807) is 0 Å². The second kappa shape index (κ2) is 8.03. The Morgan fingerprint density at radius 1 is 1.12 bits per heavy atom. The number of allylic oxidation sites excluding steroid dienone is 2. The van der Waals surface area contributed by atoms with Gasteiger partial charge in [0.25, 0.3) is 0 Å². The first-order valence-electron chi connectivity index (χ1n) is 9.49. The molecule has 1 atom stereocenters. The average Bonchev–Trinajstić information content (AvgIpc) is 2.61. The number of amides is 1. The van der Waals surface area contributed by atoms with Crippen molar-refractivity contribution in [3.63, 3.8) is 0 Å². The van der Waals surface area contributed by atoms with Crippen LogP contribution in [0.25, 0.3) is 0 Å². The Kier molecular flexibility index (Phi) is 5.95. The zero-order chi connectivity index (χ0) is 18.7. The van der Waals surface area contributed by atoms with Crippen molar-refractivity contribution in [2.24, 2.45) is 11.8 Å². The van der Waals surface area contributed by atoms with Gasteiger partial charge in [0, 0.05) is 19.1 Å². The summed E-state index contributed by atoms with van der Waals surface area (Å²) in [4.78, 5) is 17.1. The number of hydrogen-bond donors (Lipinski definition) is 0. The Hall–Kier alpha value is -1.50. The summed E-state index contributed by atoms with van der Waals surface area (Å²) >= 11 is 0. The third-order valence-electron chi connectivity index (χ3n) is 5.73. The van der Waals surface area contributed by atoms with Crippen molar-refractivity contribution in [1.82, 2.24) is 9.80 Å². The van der Waals surface area contributed by atoms with Crippen LogP contribution in [0.3, 0.4) is 0 Å². The molecule has 1 amide bonds. The summed E-state index contributed by atoms with van der Waals surface area (Å²) in [6.45, 7) is 6.07. The molecule has 1 aliphatic carbocycles. The molecule has 146 valence electrons. The largest absolute Gasteiger partial charge is 0.573 e. The molecule has 2 heterocycles. The third-order valence-corrected chi connectivity index (χ3v) is 5.73. The molecule has 2 saturated heterocycles. The first-order chi connectivity index (χ1) is 12.3. The van der Waals surface area contributed by atoms with Crippen molar-refractivity contribution in [2.45, 2.75) is 51.4 Å². The van der Waals surface area contributed by atoms with E-state index < -0.39 is 6.36 Å². The molecule has 0 aromatic heterocycles. The average molecular weight is 372 g/mol. The number of nitrogens with zero attached hydrogens (tertiary/aromatic N) is 2. The maximum Gasteiger partial charge on any atom is 0.573 e. The normalized spacial score (nSPS) is 26.7. The lowest BCUT2D eigenvalue weighted by molar-refractivity contribution is -0.303. The van der Waals surface area contributed by atoms with Crippen LogP contribution in [0.2, 0.25) is 0 Å². The van der Waals surface area contributed by atoms with Gasteiger partial charge in [-0.05, 0) is 63.3 Å². The summed E-state index contributed by atoms with van der Waals surface area (Å²) in [6.07, 6.45) is 4.15. The number of hydrogen-bond acceptors (Lipinski definition) is 3. The van der Waals surface area contributed by atoms with Crippen LogP contribution in [0.5, 0.6) is 0 Å². The van der Waals surface area contributed by atoms with Crippen molar-refractivity contribution in [1.29, 1.82) is 0 Å². The molecule has 2 fully saturated rings. The minimum Gasteiger partial charge on any atom is -0.406 e. The smallest absolute Gasteiger partial charge is 0.406 e. The predicted molar refractivity (Wildman–Crippen MR) is 92.0 cm³/mol. The highest BCUT2D eigenvalue weighted by molar-refractivity contribution is 5.81. The molecule has 0 saturated carbocycles. The Bertz CT molecular complexity index is 558. The number of likely N-dealkylation sites (tertiary alicyclic amines) is 2. The van der Waals surface area contributed by atoms with Crippen molar-refractivity contribution < 1.29 is 22.7 Å². The van der Waals surface area contributed by atoms with Gasteiger partial charge < -0.3 is 14.5 Å². The standard InChI is InChI=1S/C19H27F3N2O2/c1-14-6-10-23(11-7-14)16-8-12-24(13-9-16)18(25)15-2-4-17(5-3-15)26-19(20,21)22/h2,4-5,14-16H,3,6-13H2,1H3. The van der Waals surface area contributed by atoms with Gasteiger partial charge in [0.15, 0.2) is 0 Å². The highest BCUT2D eigenvalue weighted by Gasteiger charge is 2.34. The number of piperidine rings is 2. The van der Waals surface area contributed by atoms with E-state index >= 15 is 0 Å². The lowest BCUT2D eigenvalue weighted by Gasteiger charge is -2.42. The molecule has 0 bridgehead atoms. The summed E-state index contributed by atoms with van der Waals surface area (Å²) in [6, 6.07) is 0.556. The van der Waals surface area contributed by atoms with Crippen molar-refractivity contribution in [3.8, 4) is 0 Å². The molecule has 0 radical (unpaired) electrons. The minimum atomic E-state index is -4.69.